The summed E-state index contributed by atoms with van der Waals surface area (Å²) in [6, 6.07) is 5.70. The summed E-state index contributed by atoms with van der Waals surface area (Å²) < 4.78 is 22.7. The fourth-order valence-electron chi connectivity index (χ4n) is 1.85. The highest BCUT2D eigenvalue weighted by atomic mass is 19.1. The van der Waals surface area contributed by atoms with Crippen molar-refractivity contribution in [1.29, 1.82) is 0 Å². The first-order chi connectivity index (χ1) is 13.7. The van der Waals surface area contributed by atoms with Gasteiger partial charge in [0.05, 0.1) is 0 Å². The van der Waals surface area contributed by atoms with E-state index in [2.05, 4.69) is 16.6 Å². The number of aliphatic hydroxyl groups excluding tert-OH is 1. The average molecular weight is 406 g/mol. The van der Waals surface area contributed by atoms with Gasteiger partial charge in [0, 0.05) is 0 Å². The van der Waals surface area contributed by atoms with E-state index < -0.39 is 24.7 Å². The van der Waals surface area contributed by atoms with Gasteiger partial charge in [0.25, 0.3) is 0 Å². The Balaban J connectivity index is 2.34. The molecule has 0 aliphatic heterocycles. The minimum Gasteiger partial charge on any atom is -0.487 e. The van der Waals surface area contributed by atoms with E-state index in [9.17, 15) is 24.5 Å². The molecule has 29 heavy (non-hydrogen) atoms. The van der Waals surface area contributed by atoms with Gasteiger partial charge in [-0.1, -0.05) is 30.1 Å². The number of benzene rings is 1. The number of aliphatic hydroxyl groups is 3. The standard InChI is InChI=1S/C21H23FO7/c1-16(29-18-13-11-17(22)12-14-18)9-7-5-3-2-4-6-8-10-19(23)21(26,27)28-15-20(24)25/h2,4,6-9,11-14,16,19,23,26-27H,10,15H2,1H3,(H,24,25)/b4-2+,8-6+,9-7+. The van der Waals surface area contributed by atoms with Gasteiger partial charge in [-0.25, -0.2) is 9.18 Å². The van der Waals surface area contributed by atoms with E-state index in [0.717, 1.165) is 0 Å². The molecule has 1 aromatic rings. The van der Waals surface area contributed by atoms with Crippen molar-refractivity contribution in [3.05, 3.63) is 66.5 Å². The van der Waals surface area contributed by atoms with Crippen molar-refractivity contribution in [2.45, 2.75) is 31.5 Å². The number of carboxylic acids is 1. The van der Waals surface area contributed by atoms with Crippen LogP contribution in [-0.4, -0.2) is 51.2 Å². The fraction of sp³-hybridized carbons (Fsp3) is 0.286. The molecule has 156 valence electrons. The van der Waals surface area contributed by atoms with Crippen LogP contribution in [-0.2, 0) is 9.53 Å². The zero-order valence-electron chi connectivity index (χ0n) is 15.7. The minimum absolute atomic E-state index is 0.178. The minimum atomic E-state index is -2.95. The van der Waals surface area contributed by atoms with E-state index in [1.54, 1.807) is 18.2 Å². The van der Waals surface area contributed by atoms with Crippen molar-refractivity contribution in [2.75, 3.05) is 6.61 Å². The van der Waals surface area contributed by atoms with E-state index in [0.29, 0.717) is 5.75 Å². The monoisotopic (exact) mass is 406 g/mol. The van der Waals surface area contributed by atoms with Crippen molar-refractivity contribution < 1.29 is 39.1 Å². The van der Waals surface area contributed by atoms with Gasteiger partial charge < -0.3 is 29.9 Å². The van der Waals surface area contributed by atoms with Gasteiger partial charge in [-0.3, -0.25) is 0 Å². The van der Waals surface area contributed by atoms with Crippen LogP contribution < -0.4 is 4.74 Å². The molecule has 0 fully saturated rings. The zero-order chi connectivity index (χ0) is 21.7. The van der Waals surface area contributed by atoms with E-state index in [1.165, 1.54) is 42.5 Å². The summed E-state index contributed by atoms with van der Waals surface area (Å²) in [5.74, 6) is 1.37. The number of carbonyl (C=O) groups is 1. The molecule has 1 rings (SSSR count). The lowest BCUT2D eigenvalue weighted by Crippen LogP contribution is -2.45. The predicted molar refractivity (Wildman–Crippen MR) is 103 cm³/mol. The molecule has 0 aliphatic rings. The van der Waals surface area contributed by atoms with Gasteiger partial charge in [0.1, 0.15) is 30.4 Å². The first-order valence-electron chi connectivity index (χ1n) is 8.61. The number of carboxylic acid groups (broad SMARTS) is 1. The Labute approximate surface area is 168 Å². The summed E-state index contributed by atoms with van der Waals surface area (Å²) in [5.41, 5.74) is 0. The molecule has 8 heteroatoms. The molecular formula is C21H23FO7. The van der Waals surface area contributed by atoms with Crippen LogP contribution in [0.2, 0.25) is 0 Å². The maximum absolute atomic E-state index is 12.8. The lowest BCUT2D eigenvalue weighted by molar-refractivity contribution is -0.373. The van der Waals surface area contributed by atoms with Gasteiger partial charge >= 0.3 is 11.9 Å². The molecule has 0 aromatic heterocycles. The molecule has 0 spiro atoms. The molecule has 0 saturated carbocycles. The third-order valence-electron chi connectivity index (χ3n) is 3.30. The molecule has 0 bridgehead atoms. The van der Waals surface area contributed by atoms with Crippen molar-refractivity contribution in [3.63, 3.8) is 0 Å². The summed E-state index contributed by atoms with van der Waals surface area (Å²) in [5, 5.41) is 36.8. The molecule has 0 radical (unpaired) electrons. The van der Waals surface area contributed by atoms with Crippen LogP contribution in [0.3, 0.4) is 0 Å². The zero-order valence-corrected chi connectivity index (χ0v) is 15.7. The highest BCUT2D eigenvalue weighted by Crippen LogP contribution is 2.13. The summed E-state index contributed by atoms with van der Waals surface area (Å²) in [7, 11) is 0. The quantitative estimate of drug-likeness (QED) is 0.266. The number of aliphatic carboxylic acids is 1. The van der Waals surface area contributed by atoms with Crippen LogP contribution >= 0.6 is 0 Å². The predicted octanol–water partition coefficient (Wildman–Crippen LogP) is 1.76. The smallest absolute Gasteiger partial charge is 0.329 e. The lowest BCUT2D eigenvalue weighted by Gasteiger charge is -2.25. The molecule has 1 aromatic carbocycles. The molecule has 0 aliphatic carbocycles. The highest BCUT2D eigenvalue weighted by Gasteiger charge is 2.34. The second-order valence-electron chi connectivity index (χ2n) is 5.80. The highest BCUT2D eigenvalue weighted by molar-refractivity contribution is 5.68. The second-order valence-corrected chi connectivity index (χ2v) is 5.80. The maximum atomic E-state index is 12.8. The second kappa shape index (κ2) is 12.5. The van der Waals surface area contributed by atoms with Crippen molar-refractivity contribution in [3.8, 4) is 17.6 Å². The Hall–Kier alpha value is -2.96. The Morgan fingerprint density at radius 2 is 1.86 bits per heavy atom. The summed E-state index contributed by atoms with van der Waals surface area (Å²) in [6.07, 6.45) is 7.25. The third kappa shape index (κ3) is 10.8. The molecule has 0 heterocycles. The molecular weight excluding hydrogens is 383 g/mol. The van der Waals surface area contributed by atoms with Gasteiger partial charge in [0.2, 0.25) is 0 Å². The van der Waals surface area contributed by atoms with Crippen LogP contribution in [0.25, 0.3) is 0 Å². The van der Waals surface area contributed by atoms with Gasteiger partial charge in [-0.15, -0.1) is 0 Å². The van der Waals surface area contributed by atoms with Gasteiger partial charge in [0.15, 0.2) is 0 Å². The Bertz CT molecular complexity index is 785. The van der Waals surface area contributed by atoms with E-state index >= 15 is 0 Å². The number of hydrogen-bond acceptors (Lipinski definition) is 6. The topological polar surface area (TPSA) is 116 Å². The summed E-state index contributed by atoms with van der Waals surface area (Å²) >= 11 is 0. The van der Waals surface area contributed by atoms with Gasteiger partial charge in [-0.2, -0.15) is 0 Å². The third-order valence-corrected chi connectivity index (χ3v) is 3.30. The largest absolute Gasteiger partial charge is 0.487 e. The van der Waals surface area contributed by atoms with Crippen LogP contribution in [0.15, 0.2) is 60.7 Å². The van der Waals surface area contributed by atoms with Crippen LogP contribution in [0, 0.1) is 17.7 Å². The Kier molecular flexibility index (Phi) is 10.4. The summed E-state index contributed by atoms with van der Waals surface area (Å²) in [4.78, 5) is 10.3. The average Bonchev–Trinajstić information content (AvgIpc) is 2.66. The van der Waals surface area contributed by atoms with E-state index in [4.69, 9.17) is 9.84 Å². The lowest BCUT2D eigenvalue weighted by atomic mass is 10.2. The van der Waals surface area contributed by atoms with Crippen molar-refractivity contribution in [2.24, 2.45) is 0 Å². The number of ether oxygens (including phenoxy) is 2. The first kappa shape index (κ1) is 24.1. The van der Waals surface area contributed by atoms with E-state index in [-0.39, 0.29) is 18.3 Å². The first-order valence-corrected chi connectivity index (χ1v) is 8.61. The fourth-order valence-corrected chi connectivity index (χ4v) is 1.85. The van der Waals surface area contributed by atoms with Crippen molar-refractivity contribution >= 4 is 5.97 Å². The van der Waals surface area contributed by atoms with Crippen LogP contribution in [0.1, 0.15) is 13.3 Å². The van der Waals surface area contributed by atoms with Gasteiger partial charge in [-0.05, 0) is 55.8 Å². The summed E-state index contributed by atoms with van der Waals surface area (Å²) in [6.45, 7) is 0.859. The number of halogens is 1. The molecule has 2 unspecified atom stereocenters. The normalized spacial score (nSPS) is 14.1. The number of hydrogen-bond donors (Lipinski definition) is 4. The molecule has 7 nitrogen and oxygen atoms in total. The van der Waals surface area contributed by atoms with Crippen LogP contribution in [0.5, 0.6) is 5.75 Å². The Morgan fingerprint density at radius 1 is 1.21 bits per heavy atom. The van der Waals surface area contributed by atoms with E-state index in [1.807, 2.05) is 6.92 Å². The number of rotatable bonds is 10. The van der Waals surface area contributed by atoms with Crippen molar-refractivity contribution in [1.82, 2.24) is 0 Å². The molecule has 0 saturated heterocycles. The molecule has 0 amide bonds. The maximum Gasteiger partial charge on any atom is 0.329 e. The number of allylic oxidation sites excluding steroid dienone is 4. The molecule has 4 N–H and O–H groups in total. The van der Waals surface area contributed by atoms with Crippen LogP contribution in [0.4, 0.5) is 4.39 Å². The molecule has 2 atom stereocenters. The SMILES string of the molecule is CC(/C=C/C#C/C=C/C=C/CC(O)C(O)(O)OCC(=O)O)Oc1ccc(F)cc1. The Morgan fingerprint density at radius 3 is 2.52 bits per heavy atom.